The molecule has 11 heteroatoms. The Kier molecular flexibility index (Phi) is 7.42. The summed E-state index contributed by atoms with van der Waals surface area (Å²) in [7, 11) is -3.49. The van der Waals surface area contributed by atoms with E-state index < -0.39 is 21.7 Å². The van der Waals surface area contributed by atoms with Gasteiger partial charge in [0.05, 0.1) is 10.6 Å². The molecule has 8 nitrogen and oxygen atoms in total. The number of benzene rings is 1. The zero-order valence-corrected chi connectivity index (χ0v) is 21.5. The SMILES string of the molecule is CC(C)Cc1nsc(N2CCC(N3CCCC(Nc4ccc(S(C)(=O)=O)cc4F)C3=O)CC2)n1. The second kappa shape index (κ2) is 10.2. The lowest BCUT2D eigenvalue weighted by Gasteiger charge is -2.42. The molecule has 0 aliphatic carbocycles. The number of hydrogen-bond acceptors (Lipinski definition) is 8. The Morgan fingerprint density at radius 1 is 1.21 bits per heavy atom. The summed E-state index contributed by atoms with van der Waals surface area (Å²) in [6.45, 7) is 6.66. The van der Waals surface area contributed by atoms with Gasteiger partial charge in [0.15, 0.2) is 9.84 Å². The number of carbonyl (C=O) groups is 1. The molecule has 0 radical (unpaired) electrons. The summed E-state index contributed by atoms with van der Waals surface area (Å²) in [4.78, 5) is 22.0. The number of anilines is 2. The van der Waals surface area contributed by atoms with Crippen LogP contribution in [0.3, 0.4) is 0 Å². The largest absolute Gasteiger partial charge is 0.371 e. The molecule has 186 valence electrons. The zero-order chi connectivity index (χ0) is 24.5. The first-order chi connectivity index (χ1) is 16.1. The van der Waals surface area contributed by atoms with Gasteiger partial charge in [-0.2, -0.15) is 4.37 Å². The van der Waals surface area contributed by atoms with Crippen LogP contribution in [0, 0.1) is 11.7 Å². The molecule has 2 saturated heterocycles. The first kappa shape index (κ1) is 24.8. The average molecular weight is 510 g/mol. The van der Waals surface area contributed by atoms with Crippen molar-refractivity contribution >= 4 is 38.1 Å². The van der Waals surface area contributed by atoms with Gasteiger partial charge in [0.2, 0.25) is 11.0 Å². The van der Waals surface area contributed by atoms with Gasteiger partial charge in [-0.25, -0.2) is 17.8 Å². The van der Waals surface area contributed by atoms with Crippen molar-refractivity contribution < 1.29 is 17.6 Å². The Morgan fingerprint density at radius 2 is 1.94 bits per heavy atom. The molecule has 3 heterocycles. The van der Waals surface area contributed by atoms with Gasteiger partial charge < -0.3 is 15.1 Å². The van der Waals surface area contributed by atoms with Crippen molar-refractivity contribution in [2.24, 2.45) is 5.92 Å². The lowest BCUT2D eigenvalue weighted by molar-refractivity contribution is -0.137. The van der Waals surface area contributed by atoms with E-state index in [9.17, 15) is 17.6 Å². The number of sulfone groups is 1. The molecule has 2 fully saturated rings. The summed E-state index contributed by atoms with van der Waals surface area (Å²) in [6, 6.07) is 3.38. The highest BCUT2D eigenvalue weighted by Gasteiger charge is 2.35. The Morgan fingerprint density at radius 3 is 2.59 bits per heavy atom. The molecular formula is C23H32FN5O3S2. The van der Waals surface area contributed by atoms with Crippen molar-refractivity contribution in [1.29, 1.82) is 0 Å². The monoisotopic (exact) mass is 509 g/mol. The van der Waals surface area contributed by atoms with E-state index in [1.54, 1.807) is 0 Å². The molecule has 2 aliphatic heterocycles. The molecular weight excluding hydrogens is 477 g/mol. The maximum Gasteiger partial charge on any atom is 0.245 e. The zero-order valence-electron chi connectivity index (χ0n) is 19.8. The smallest absolute Gasteiger partial charge is 0.245 e. The number of aromatic nitrogens is 2. The quantitative estimate of drug-likeness (QED) is 0.612. The highest BCUT2D eigenvalue weighted by molar-refractivity contribution is 7.90. The van der Waals surface area contributed by atoms with Gasteiger partial charge in [0.25, 0.3) is 0 Å². The van der Waals surface area contributed by atoms with E-state index in [0.29, 0.717) is 18.9 Å². The van der Waals surface area contributed by atoms with Crippen LogP contribution in [0.25, 0.3) is 0 Å². The van der Waals surface area contributed by atoms with Crippen LogP contribution in [-0.2, 0) is 21.1 Å². The summed E-state index contributed by atoms with van der Waals surface area (Å²) in [6.07, 6.45) is 5.08. The second-order valence-corrected chi connectivity index (χ2v) is 12.3. The van der Waals surface area contributed by atoms with Crippen LogP contribution < -0.4 is 10.2 Å². The van der Waals surface area contributed by atoms with Gasteiger partial charge in [-0.3, -0.25) is 4.79 Å². The number of rotatable bonds is 7. The summed E-state index contributed by atoms with van der Waals surface area (Å²) >= 11 is 1.44. The van der Waals surface area contributed by atoms with Gasteiger partial charge in [0, 0.05) is 49.9 Å². The number of piperidine rings is 2. The van der Waals surface area contributed by atoms with Crippen LogP contribution in [0.2, 0.25) is 0 Å². The third-order valence-corrected chi connectivity index (χ3v) is 8.32. The van der Waals surface area contributed by atoms with E-state index >= 15 is 0 Å². The molecule has 1 unspecified atom stereocenters. The fraction of sp³-hybridized carbons (Fsp3) is 0.609. The van der Waals surface area contributed by atoms with Crippen molar-refractivity contribution in [2.45, 2.75) is 62.9 Å². The number of likely N-dealkylation sites (tertiary alicyclic amines) is 1. The minimum absolute atomic E-state index is 0.0218. The normalized spacial score (nSPS) is 20.3. The maximum atomic E-state index is 14.5. The first-order valence-corrected chi connectivity index (χ1v) is 14.4. The molecule has 2 aromatic rings. The number of hydrogen-bond donors (Lipinski definition) is 1. The topological polar surface area (TPSA) is 95.5 Å². The van der Waals surface area contributed by atoms with Crippen molar-refractivity contribution in [2.75, 3.05) is 36.1 Å². The molecule has 1 aromatic heterocycles. The Balaban J connectivity index is 1.36. The minimum Gasteiger partial charge on any atom is -0.371 e. The van der Waals surface area contributed by atoms with Gasteiger partial charge in [-0.15, -0.1) is 0 Å². The van der Waals surface area contributed by atoms with E-state index in [-0.39, 0.29) is 22.5 Å². The molecule has 1 atom stereocenters. The van der Waals surface area contributed by atoms with Crippen molar-refractivity contribution in [1.82, 2.24) is 14.3 Å². The fourth-order valence-electron chi connectivity index (χ4n) is 4.62. The summed E-state index contributed by atoms with van der Waals surface area (Å²) in [5.41, 5.74) is 0.149. The molecule has 2 aliphatic rings. The van der Waals surface area contributed by atoms with E-state index in [0.717, 1.165) is 62.1 Å². The second-order valence-electron chi connectivity index (χ2n) is 9.59. The van der Waals surface area contributed by atoms with Crippen LogP contribution in [0.1, 0.15) is 45.4 Å². The summed E-state index contributed by atoms with van der Waals surface area (Å²) in [5.74, 6) is 0.724. The van der Waals surface area contributed by atoms with Gasteiger partial charge in [-0.05, 0) is 49.8 Å². The van der Waals surface area contributed by atoms with Gasteiger partial charge in [0.1, 0.15) is 17.7 Å². The lowest BCUT2D eigenvalue weighted by atomic mass is 9.97. The van der Waals surface area contributed by atoms with Gasteiger partial charge in [-0.1, -0.05) is 13.8 Å². The predicted molar refractivity (Wildman–Crippen MR) is 132 cm³/mol. The third kappa shape index (κ3) is 5.68. The van der Waals surface area contributed by atoms with Crippen molar-refractivity contribution in [3.05, 3.63) is 29.8 Å². The van der Waals surface area contributed by atoms with E-state index in [1.165, 1.54) is 23.7 Å². The number of halogens is 1. The predicted octanol–water partition coefficient (Wildman–Crippen LogP) is 3.35. The highest BCUT2D eigenvalue weighted by atomic mass is 32.2. The van der Waals surface area contributed by atoms with Gasteiger partial charge >= 0.3 is 0 Å². The van der Waals surface area contributed by atoms with Crippen LogP contribution in [0.5, 0.6) is 0 Å². The minimum atomic E-state index is -3.49. The Hall–Kier alpha value is -2.27. The van der Waals surface area contributed by atoms with Crippen molar-refractivity contribution in [3.63, 3.8) is 0 Å². The fourth-order valence-corrected chi connectivity index (χ4v) is 6.00. The van der Waals surface area contributed by atoms with Crippen LogP contribution in [0.4, 0.5) is 15.2 Å². The summed E-state index contributed by atoms with van der Waals surface area (Å²) in [5, 5.41) is 3.96. The van der Waals surface area contributed by atoms with E-state index in [1.807, 2.05) is 4.90 Å². The lowest BCUT2D eigenvalue weighted by Crippen LogP contribution is -2.54. The van der Waals surface area contributed by atoms with E-state index in [2.05, 4.69) is 33.4 Å². The molecule has 1 N–H and O–H groups in total. The van der Waals surface area contributed by atoms with Crippen LogP contribution >= 0.6 is 11.5 Å². The number of amides is 1. The average Bonchev–Trinajstić information content (AvgIpc) is 3.23. The molecule has 1 aromatic carbocycles. The number of carbonyl (C=O) groups excluding carboxylic acids is 1. The maximum absolute atomic E-state index is 14.5. The number of nitrogens with one attached hydrogen (secondary N) is 1. The molecule has 0 spiro atoms. The third-order valence-electron chi connectivity index (χ3n) is 6.40. The van der Waals surface area contributed by atoms with Crippen molar-refractivity contribution in [3.8, 4) is 0 Å². The standard InChI is InChI=1S/C23H32FN5O3S2/c1-15(2)13-21-26-23(33-27-21)28-11-8-16(9-12-28)29-10-4-5-20(22(29)30)25-19-7-6-17(14-18(19)24)34(3,31)32/h6-7,14-16,20,25H,4-5,8-13H2,1-3H3. The first-order valence-electron chi connectivity index (χ1n) is 11.8. The Bertz CT molecular complexity index is 1130. The summed E-state index contributed by atoms with van der Waals surface area (Å²) < 4.78 is 42.3. The molecule has 0 bridgehead atoms. The number of nitrogens with zero attached hydrogens (tertiary/aromatic N) is 4. The van der Waals surface area contributed by atoms with Crippen LogP contribution in [0.15, 0.2) is 23.1 Å². The molecule has 1 amide bonds. The molecule has 4 rings (SSSR count). The highest BCUT2D eigenvalue weighted by Crippen LogP contribution is 2.28. The van der Waals surface area contributed by atoms with Crippen LogP contribution in [-0.4, -0.2) is 66.6 Å². The molecule has 0 saturated carbocycles. The molecule has 34 heavy (non-hydrogen) atoms. The Labute approximate surface area is 204 Å². The van der Waals surface area contributed by atoms with E-state index in [4.69, 9.17) is 0 Å².